The Kier molecular flexibility index (Phi) is 3.76. The number of nitrogens with zero attached hydrogens (tertiary/aromatic N) is 2. The summed E-state index contributed by atoms with van der Waals surface area (Å²) in [5, 5.41) is 0. The van der Waals surface area contributed by atoms with Crippen LogP contribution < -0.4 is 4.90 Å². The number of carbonyl (C=O) groups excluding carboxylic acids is 1. The van der Waals surface area contributed by atoms with E-state index in [4.69, 9.17) is 0 Å². The fourth-order valence-corrected chi connectivity index (χ4v) is 4.62. The summed E-state index contributed by atoms with van der Waals surface area (Å²) in [6.07, 6.45) is 1.95. The normalized spacial score (nSPS) is 21.3. The van der Waals surface area contributed by atoms with Crippen LogP contribution >= 0.6 is 0 Å². The number of rotatable bonds is 2. The Bertz CT molecular complexity index is 753. The number of amides is 1. The van der Waals surface area contributed by atoms with E-state index in [2.05, 4.69) is 0 Å². The number of anilines is 1. The molecule has 0 unspecified atom stereocenters. The lowest BCUT2D eigenvalue weighted by atomic mass is 9.74. The lowest BCUT2D eigenvalue weighted by Crippen LogP contribution is -2.51. The number of hydrogen-bond acceptors (Lipinski definition) is 3. The molecule has 2 aliphatic heterocycles. The lowest BCUT2D eigenvalue weighted by Gasteiger charge is -2.37. The van der Waals surface area contributed by atoms with E-state index in [1.165, 1.54) is 21.5 Å². The summed E-state index contributed by atoms with van der Waals surface area (Å²) >= 11 is 0. The summed E-state index contributed by atoms with van der Waals surface area (Å²) in [6.45, 7) is 4.29. The van der Waals surface area contributed by atoms with Crippen molar-refractivity contribution in [1.82, 2.24) is 4.31 Å². The number of benzene rings is 1. The number of sulfonamides is 1. The molecule has 1 spiro atoms. The van der Waals surface area contributed by atoms with Gasteiger partial charge >= 0.3 is 0 Å². The highest BCUT2D eigenvalue weighted by molar-refractivity contribution is 7.88. The molecule has 1 fully saturated rings. The Labute approximate surface area is 136 Å². The van der Waals surface area contributed by atoms with Crippen molar-refractivity contribution in [2.24, 2.45) is 0 Å². The summed E-state index contributed by atoms with van der Waals surface area (Å²) in [5.41, 5.74) is 0.257. The van der Waals surface area contributed by atoms with Crippen LogP contribution in [0.1, 0.15) is 32.3 Å². The number of halogens is 1. The molecule has 0 radical (unpaired) electrons. The van der Waals surface area contributed by atoms with Gasteiger partial charge in [0.2, 0.25) is 15.9 Å². The molecule has 1 amide bonds. The van der Waals surface area contributed by atoms with E-state index in [1.54, 1.807) is 12.1 Å². The molecule has 0 aliphatic carbocycles. The molecule has 7 heteroatoms. The highest BCUT2D eigenvalue weighted by Crippen LogP contribution is 2.49. The van der Waals surface area contributed by atoms with Crippen molar-refractivity contribution in [1.29, 1.82) is 0 Å². The number of fused-ring (bicyclic) bond motifs is 2. The fourth-order valence-electron chi connectivity index (χ4n) is 3.77. The Morgan fingerprint density at radius 3 is 2.35 bits per heavy atom. The average Bonchev–Trinajstić information content (AvgIpc) is 2.70. The molecule has 0 atom stereocenters. The van der Waals surface area contributed by atoms with Crippen molar-refractivity contribution in [2.45, 2.75) is 38.1 Å². The first kappa shape index (κ1) is 16.4. The summed E-state index contributed by atoms with van der Waals surface area (Å²) in [5.74, 6) is -0.507. The Balaban J connectivity index is 2.05. The average molecular weight is 340 g/mol. The Morgan fingerprint density at radius 1 is 1.22 bits per heavy atom. The minimum absolute atomic E-state index is 0.110. The predicted octanol–water partition coefficient (Wildman–Crippen LogP) is 1.87. The molecular formula is C16H21FN2O3S. The molecule has 1 saturated heterocycles. The molecule has 23 heavy (non-hydrogen) atoms. The van der Waals surface area contributed by atoms with Gasteiger partial charge < -0.3 is 4.90 Å². The van der Waals surface area contributed by atoms with Gasteiger partial charge in [0.15, 0.2) is 0 Å². The van der Waals surface area contributed by atoms with E-state index < -0.39 is 21.3 Å². The monoisotopic (exact) mass is 340 g/mol. The Hall–Kier alpha value is -1.47. The molecule has 0 N–H and O–H groups in total. The van der Waals surface area contributed by atoms with Gasteiger partial charge in [-0.15, -0.1) is 0 Å². The summed E-state index contributed by atoms with van der Waals surface area (Å²) < 4.78 is 39.2. The SMILES string of the molecule is CC(C)N1C(=O)C2(CCN(S(C)(=O)=O)CC2)c2cccc(F)c21. The Morgan fingerprint density at radius 2 is 1.83 bits per heavy atom. The minimum Gasteiger partial charge on any atom is -0.306 e. The molecule has 0 saturated carbocycles. The number of carbonyl (C=O) groups is 1. The number of piperidine rings is 1. The molecule has 2 aliphatic rings. The quantitative estimate of drug-likeness (QED) is 0.826. The van der Waals surface area contributed by atoms with Crippen LogP contribution in [-0.2, 0) is 20.2 Å². The molecular weight excluding hydrogens is 319 g/mol. The molecule has 0 aromatic heterocycles. The molecule has 1 aromatic rings. The van der Waals surface area contributed by atoms with Crippen molar-refractivity contribution in [2.75, 3.05) is 24.2 Å². The second-order valence-corrected chi connectivity index (χ2v) is 8.63. The van der Waals surface area contributed by atoms with Gasteiger partial charge in [-0.1, -0.05) is 12.1 Å². The molecule has 5 nitrogen and oxygen atoms in total. The maximum Gasteiger partial charge on any atom is 0.238 e. The van der Waals surface area contributed by atoms with Crippen molar-refractivity contribution in [3.05, 3.63) is 29.6 Å². The van der Waals surface area contributed by atoms with Crippen LogP contribution in [0.5, 0.6) is 0 Å². The third kappa shape index (κ3) is 2.37. The van der Waals surface area contributed by atoms with Crippen molar-refractivity contribution in [3.8, 4) is 0 Å². The van der Waals surface area contributed by atoms with Gasteiger partial charge in [-0.3, -0.25) is 4.79 Å². The largest absolute Gasteiger partial charge is 0.306 e. The van der Waals surface area contributed by atoms with Crippen LogP contribution in [0.15, 0.2) is 18.2 Å². The molecule has 2 heterocycles. The minimum atomic E-state index is -3.27. The second-order valence-electron chi connectivity index (χ2n) is 6.65. The van der Waals surface area contributed by atoms with Gasteiger partial charge in [0.25, 0.3) is 0 Å². The second kappa shape index (κ2) is 5.27. The van der Waals surface area contributed by atoms with Crippen LogP contribution in [0.3, 0.4) is 0 Å². The number of hydrogen-bond donors (Lipinski definition) is 0. The van der Waals surface area contributed by atoms with E-state index in [9.17, 15) is 17.6 Å². The smallest absolute Gasteiger partial charge is 0.238 e. The zero-order chi connectivity index (χ0) is 17.0. The molecule has 126 valence electrons. The topological polar surface area (TPSA) is 57.7 Å². The zero-order valence-electron chi connectivity index (χ0n) is 13.5. The van der Waals surface area contributed by atoms with E-state index in [-0.39, 0.29) is 25.0 Å². The van der Waals surface area contributed by atoms with Crippen LogP contribution in [0.4, 0.5) is 10.1 Å². The standard InChI is InChI=1S/C16H21FN2O3S/c1-11(2)19-14-12(5-4-6-13(14)17)16(15(19)20)7-9-18(10-8-16)23(3,21)22/h4-6,11H,7-10H2,1-3H3. The summed E-state index contributed by atoms with van der Waals surface area (Å²) in [7, 11) is -3.27. The first-order valence-electron chi connectivity index (χ1n) is 7.76. The van der Waals surface area contributed by atoms with Gasteiger partial charge in [0.05, 0.1) is 17.4 Å². The highest BCUT2D eigenvalue weighted by Gasteiger charge is 2.54. The van der Waals surface area contributed by atoms with E-state index in [0.29, 0.717) is 24.1 Å². The zero-order valence-corrected chi connectivity index (χ0v) is 14.4. The lowest BCUT2D eigenvalue weighted by molar-refractivity contribution is -0.124. The van der Waals surface area contributed by atoms with Gasteiger partial charge in [-0.2, -0.15) is 0 Å². The van der Waals surface area contributed by atoms with Gasteiger partial charge in [0.1, 0.15) is 5.82 Å². The number of para-hydroxylation sites is 1. The van der Waals surface area contributed by atoms with E-state index >= 15 is 0 Å². The molecule has 1 aromatic carbocycles. The third-order valence-electron chi connectivity index (χ3n) is 4.93. The van der Waals surface area contributed by atoms with E-state index in [1.807, 2.05) is 13.8 Å². The van der Waals surface area contributed by atoms with Crippen molar-refractivity contribution in [3.63, 3.8) is 0 Å². The van der Waals surface area contributed by atoms with Crippen LogP contribution in [0.2, 0.25) is 0 Å². The van der Waals surface area contributed by atoms with Gasteiger partial charge in [-0.05, 0) is 38.3 Å². The maximum absolute atomic E-state index is 14.4. The van der Waals surface area contributed by atoms with Crippen LogP contribution in [-0.4, -0.2) is 44.0 Å². The first-order valence-corrected chi connectivity index (χ1v) is 9.61. The first-order chi connectivity index (χ1) is 10.7. The van der Waals surface area contributed by atoms with Crippen LogP contribution in [0, 0.1) is 5.82 Å². The maximum atomic E-state index is 14.4. The summed E-state index contributed by atoms with van der Waals surface area (Å²) in [6, 6.07) is 4.64. The van der Waals surface area contributed by atoms with Gasteiger partial charge in [0, 0.05) is 19.1 Å². The highest BCUT2D eigenvalue weighted by atomic mass is 32.2. The third-order valence-corrected chi connectivity index (χ3v) is 6.24. The molecule has 0 bridgehead atoms. The van der Waals surface area contributed by atoms with Crippen molar-refractivity contribution >= 4 is 21.6 Å². The summed E-state index contributed by atoms with van der Waals surface area (Å²) in [4.78, 5) is 14.6. The van der Waals surface area contributed by atoms with E-state index in [0.717, 1.165) is 0 Å². The molecule has 3 rings (SSSR count). The predicted molar refractivity (Wildman–Crippen MR) is 86.4 cm³/mol. The van der Waals surface area contributed by atoms with Crippen molar-refractivity contribution < 1.29 is 17.6 Å². The fraction of sp³-hybridized carbons (Fsp3) is 0.562. The van der Waals surface area contributed by atoms with Crippen LogP contribution in [0.25, 0.3) is 0 Å². The van der Waals surface area contributed by atoms with Gasteiger partial charge in [-0.25, -0.2) is 17.1 Å².